The zero-order valence-corrected chi connectivity index (χ0v) is 10.6. The summed E-state index contributed by atoms with van der Waals surface area (Å²) >= 11 is 0. The van der Waals surface area contributed by atoms with Crippen molar-refractivity contribution >= 4 is 17.3 Å². The van der Waals surface area contributed by atoms with E-state index in [0.29, 0.717) is 5.82 Å². The van der Waals surface area contributed by atoms with Crippen LogP contribution in [0.1, 0.15) is 18.1 Å². The predicted octanol–water partition coefficient (Wildman–Crippen LogP) is 2.38. The van der Waals surface area contributed by atoms with Crippen LogP contribution in [-0.4, -0.2) is 9.97 Å². The quantitative estimate of drug-likeness (QED) is 0.568. The van der Waals surface area contributed by atoms with Gasteiger partial charge in [0.25, 0.3) is 0 Å². The van der Waals surface area contributed by atoms with Crippen molar-refractivity contribution in [2.75, 3.05) is 10.7 Å². The maximum Gasteiger partial charge on any atom is 0.148 e. The van der Waals surface area contributed by atoms with E-state index in [9.17, 15) is 0 Å². The van der Waals surface area contributed by atoms with Crippen LogP contribution in [0.3, 0.4) is 0 Å². The molecule has 1 heterocycles. The Kier molecular flexibility index (Phi) is 3.74. The highest BCUT2D eigenvalue weighted by atomic mass is 15.3. The number of hydrazine groups is 1. The summed E-state index contributed by atoms with van der Waals surface area (Å²) in [6.45, 7) is 4.10. The van der Waals surface area contributed by atoms with E-state index in [-0.39, 0.29) is 0 Å². The predicted molar refractivity (Wildman–Crippen MR) is 73.7 cm³/mol. The van der Waals surface area contributed by atoms with Gasteiger partial charge in [-0.05, 0) is 31.0 Å². The summed E-state index contributed by atoms with van der Waals surface area (Å²) < 4.78 is 0. The van der Waals surface area contributed by atoms with E-state index in [1.54, 1.807) is 0 Å². The lowest BCUT2D eigenvalue weighted by Crippen LogP contribution is -2.13. The Morgan fingerprint density at radius 2 is 2.00 bits per heavy atom. The molecule has 0 spiro atoms. The van der Waals surface area contributed by atoms with Gasteiger partial charge in [-0.25, -0.2) is 15.8 Å². The van der Waals surface area contributed by atoms with Crippen molar-refractivity contribution < 1.29 is 0 Å². The summed E-state index contributed by atoms with van der Waals surface area (Å²) in [6, 6.07) is 8.13. The Labute approximate surface area is 106 Å². The van der Waals surface area contributed by atoms with Crippen LogP contribution in [0, 0.1) is 6.92 Å². The van der Waals surface area contributed by atoms with E-state index in [4.69, 9.17) is 5.84 Å². The highest BCUT2D eigenvalue weighted by Gasteiger charge is 2.08. The highest BCUT2D eigenvalue weighted by molar-refractivity contribution is 5.64. The van der Waals surface area contributed by atoms with Crippen LogP contribution in [0.2, 0.25) is 0 Å². The largest absolute Gasteiger partial charge is 0.340 e. The Morgan fingerprint density at radius 1 is 1.22 bits per heavy atom. The van der Waals surface area contributed by atoms with E-state index in [1.807, 2.05) is 19.1 Å². The van der Waals surface area contributed by atoms with Crippen LogP contribution < -0.4 is 16.6 Å². The molecule has 94 valence electrons. The molecule has 1 aromatic heterocycles. The van der Waals surface area contributed by atoms with Gasteiger partial charge < -0.3 is 10.7 Å². The molecule has 0 saturated carbocycles. The van der Waals surface area contributed by atoms with E-state index in [2.05, 4.69) is 39.8 Å². The fourth-order valence-electron chi connectivity index (χ4n) is 1.84. The van der Waals surface area contributed by atoms with Crippen LogP contribution in [0.15, 0.2) is 30.6 Å². The Morgan fingerprint density at radius 3 is 2.67 bits per heavy atom. The fraction of sp³-hybridized carbons (Fsp3) is 0.231. The van der Waals surface area contributed by atoms with Crippen LogP contribution in [0.25, 0.3) is 0 Å². The number of nitrogen functional groups attached to an aromatic ring is 1. The summed E-state index contributed by atoms with van der Waals surface area (Å²) in [5, 5.41) is 3.29. The molecule has 0 amide bonds. The molecule has 0 aliphatic rings. The van der Waals surface area contributed by atoms with Crippen molar-refractivity contribution in [2.24, 2.45) is 5.84 Å². The maximum atomic E-state index is 5.44. The summed E-state index contributed by atoms with van der Waals surface area (Å²) in [4.78, 5) is 8.37. The monoisotopic (exact) mass is 243 g/mol. The molecule has 0 fully saturated rings. The first-order valence-electron chi connectivity index (χ1n) is 5.88. The van der Waals surface area contributed by atoms with Gasteiger partial charge in [0, 0.05) is 11.3 Å². The number of benzene rings is 1. The number of nitrogens with two attached hydrogens (primary N) is 1. The SMILES string of the molecule is CCc1c(NN)ncnc1Nc1cccc(C)c1. The van der Waals surface area contributed by atoms with Gasteiger partial charge in [-0.15, -0.1) is 0 Å². The summed E-state index contributed by atoms with van der Waals surface area (Å²) in [5.41, 5.74) is 5.77. The van der Waals surface area contributed by atoms with Gasteiger partial charge >= 0.3 is 0 Å². The molecule has 0 aliphatic heterocycles. The van der Waals surface area contributed by atoms with Crippen molar-refractivity contribution in [2.45, 2.75) is 20.3 Å². The fourth-order valence-corrected chi connectivity index (χ4v) is 1.84. The van der Waals surface area contributed by atoms with E-state index in [1.165, 1.54) is 11.9 Å². The summed E-state index contributed by atoms with van der Waals surface area (Å²) in [6.07, 6.45) is 2.29. The Balaban J connectivity index is 2.34. The van der Waals surface area contributed by atoms with Gasteiger partial charge in [-0.1, -0.05) is 19.1 Å². The number of aryl methyl sites for hydroxylation is 1. The number of hydrogen-bond acceptors (Lipinski definition) is 5. The minimum atomic E-state index is 0.655. The second-order valence-corrected chi connectivity index (χ2v) is 4.04. The van der Waals surface area contributed by atoms with Gasteiger partial charge in [0.05, 0.1) is 0 Å². The number of aromatic nitrogens is 2. The van der Waals surface area contributed by atoms with Gasteiger partial charge in [0.1, 0.15) is 18.0 Å². The van der Waals surface area contributed by atoms with Crippen molar-refractivity contribution in [3.63, 3.8) is 0 Å². The molecule has 0 unspecified atom stereocenters. The van der Waals surface area contributed by atoms with Gasteiger partial charge in [-0.2, -0.15) is 0 Å². The molecule has 0 bridgehead atoms. The molecule has 5 nitrogen and oxygen atoms in total. The third-order valence-electron chi connectivity index (χ3n) is 2.72. The smallest absolute Gasteiger partial charge is 0.148 e. The van der Waals surface area contributed by atoms with E-state index >= 15 is 0 Å². The van der Waals surface area contributed by atoms with Gasteiger partial charge in [0.15, 0.2) is 0 Å². The summed E-state index contributed by atoms with van der Waals surface area (Å²) in [7, 11) is 0. The molecule has 5 heteroatoms. The molecule has 2 aromatic rings. The van der Waals surface area contributed by atoms with Crippen molar-refractivity contribution in [1.82, 2.24) is 9.97 Å². The lowest BCUT2D eigenvalue weighted by atomic mass is 10.2. The van der Waals surface area contributed by atoms with E-state index in [0.717, 1.165) is 23.5 Å². The van der Waals surface area contributed by atoms with Crippen molar-refractivity contribution in [1.29, 1.82) is 0 Å². The lowest BCUT2D eigenvalue weighted by Gasteiger charge is -2.12. The third kappa shape index (κ3) is 2.57. The van der Waals surface area contributed by atoms with Crippen molar-refractivity contribution in [3.8, 4) is 0 Å². The average Bonchev–Trinajstić information content (AvgIpc) is 2.38. The van der Waals surface area contributed by atoms with E-state index < -0.39 is 0 Å². The first-order valence-corrected chi connectivity index (χ1v) is 5.88. The molecular formula is C13H17N5. The van der Waals surface area contributed by atoms with Gasteiger partial charge in [0.2, 0.25) is 0 Å². The molecule has 1 aromatic carbocycles. The molecule has 18 heavy (non-hydrogen) atoms. The maximum absolute atomic E-state index is 5.44. The number of anilines is 3. The minimum Gasteiger partial charge on any atom is -0.340 e. The van der Waals surface area contributed by atoms with Gasteiger partial charge in [-0.3, -0.25) is 0 Å². The molecule has 0 aliphatic carbocycles. The third-order valence-corrected chi connectivity index (χ3v) is 2.72. The standard InChI is InChI=1S/C13H17N5/c1-3-11-12(15-8-16-13(11)18-14)17-10-6-4-5-9(2)7-10/h4-8H,3,14H2,1-2H3,(H2,15,16,17,18). The number of hydrogen-bond donors (Lipinski definition) is 3. The first-order chi connectivity index (χ1) is 8.74. The average molecular weight is 243 g/mol. The van der Waals surface area contributed by atoms with Crippen LogP contribution >= 0.6 is 0 Å². The molecule has 2 rings (SSSR count). The lowest BCUT2D eigenvalue weighted by molar-refractivity contribution is 1.04. The minimum absolute atomic E-state index is 0.655. The molecule has 0 atom stereocenters. The number of nitrogens with zero attached hydrogens (tertiary/aromatic N) is 2. The van der Waals surface area contributed by atoms with Crippen LogP contribution in [0.4, 0.5) is 17.3 Å². The number of rotatable bonds is 4. The Hall–Kier alpha value is -2.14. The second-order valence-electron chi connectivity index (χ2n) is 4.04. The Bertz CT molecular complexity index is 539. The normalized spacial score (nSPS) is 10.2. The molecule has 0 saturated heterocycles. The zero-order valence-electron chi connectivity index (χ0n) is 10.6. The van der Waals surface area contributed by atoms with Crippen molar-refractivity contribution in [3.05, 3.63) is 41.7 Å². The zero-order chi connectivity index (χ0) is 13.0. The number of nitrogens with one attached hydrogen (secondary N) is 2. The van der Waals surface area contributed by atoms with Crippen LogP contribution in [0.5, 0.6) is 0 Å². The molecule has 0 radical (unpaired) electrons. The topological polar surface area (TPSA) is 75.9 Å². The van der Waals surface area contributed by atoms with Crippen LogP contribution in [-0.2, 0) is 6.42 Å². The first kappa shape index (κ1) is 12.3. The molecular weight excluding hydrogens is 226 g/mol. The summed E-state index contributed by atoms with van der Waals surface area (Å²) in [5.74, 6) is 6.88. The second kappa shape index (κ2) is 5.46. The molecule has 4 N–H and O–H groups in total. The highest BCUT2D eigenvalue weighted by Crippen LogP contribution is 2.23.